The quantitative estimate of drug-likeness (QED) is 0.627. The second-order valence-corrected chi connectivity index (χ2v) is 7.13. The van der Waals surface area contributed by atoms with Crippen molar-refractivity contribution in [2.75, 3.05) is 0 Å². The Hall–Kier alpha value is -1.55. The molecule has 0 aromatic carbocycles. The number of aliphatic imine (C=N–C) groups is 2. The molecule has 5 rings (SSSR count). The molecule has 4 aliphatic heterocycles. The zero-order valence-electron chi connectivity index (χ0n) is 13.1. The van der Waals surface area contributed by atoms with Crippen molar-refractivity contribution in [2.24, 2.45) is 20.8 Å². The number of hydrazone groups is 1. The fourth-order valence-corrected chi connectivity index (χ4v) is 4.30. The van der Waals surface area contributed by atoms with Gasteiger partial charge in [0, 0.05) is 0 Å². The van der Waals surface area contributed by atoms with Crippen molar-refractivity contribution in [3.63, 3.8) is 0 Å². The van der Waals surface area contributed by atoms with Crippen LogP contribution in [0, 0.1) is 0 Å². The van der Waals surface area contributed by atoms with Crippen molar-refractivity contribution in [1.29, 1.82) is 0 Å². The summed E-state index contributed by atoms with van der Waals surface area (Å²) in [6, 6.07) is -0.257. The zero-order chi connectivity index (χ0) is 16.1. The average Bonchev–Trinajstić information content (AvgIpc) is 2.81. The maximum atomic E-state index is 10.2. The lowest BCUT2D eigenvalue weighted by Crippen LogP contribution is -2.54. The first-order valence-electron chi connectivity index (χ1n) is 7.80. The predicted octanol–water partition coefficient (Wildman–Crippen LogP) is -1.20. The fourth-order valence-electron chi connectivity index (χ4n) is 4.30. The highest BCUT2D eigenvalue weighted by molar-refractivity contribution is 6.42. The second-order valence-electron chi connectivity index (χ2n) is 7.13. The first kappa shape index (κ1) is 13.8. The van der Waals surface area contributed by atoms with Crippen molar-refractivity contribution in [3.05, 3.63) is 0 Å². The lowest BCUT2D eigenvalue weighted by atomic mass is 9.96. The zero-order valence-corrected chi connectivity index (χ0v) is 13.1. The van der Waals surface area contributed by atoms with Gasteiger partial charge in [-0.1, -0.05) is 0 Å². The number of rotatable bonds is 1. The van der Waals surface area contributed by atoms with E-state index in [1.54, 1.807) is 5.01 Å². The van der Waals surface area contributed by atoms with Crippen molar-refractivity contribution < 1.29 is 19.3 Å². The maximum Gasteiger partial charge on any atom is 0.188 e. The van der Waals surface area contributed by atoms with Gasteiger partial charge in [-0.3, -0.25) is 4.99 Å². The Kier molecular flexibility index (Phi) is 2.36. The molecule has 9 nitrogen and oxygen atoms in total. The minimum Gasteiger partial charge on any atom is -0.387 e. The third-order valence-electron chi connectivity index (χ3n) is 5.22. The summed E-state index contributed by atoms with van der Waals surface area (Å²) in [6.07, 6.45) is -0.288. The largest absolute Gasteiger partial charge is 0.387 e. The summed E-state index contributed by atoms with van der Waals surface area (Å²) in [4.78, 5) is 8.54. The van der Waals surface area contributed by atoms with E-state index in [2.05, 4.69) is 15.1 Å². The molecule has 1 saturated carbocycles. The molecule has 9 heteroatoms. The van der Waals surface area contributed by atoms with Crippen LogP contribution < -0.4 is 5.73 Å². The van der Waals surface area contributed by atoms with Crippen LogP contribution in [0.25, 0.3) is 0 Å². The predicted molar refractivity (Wildman–Crippen MR) is 80.1 cm³/mol. The average molecular weight is 321 g/mol. The van der Waals surface area contributed by atoms with Gasteiger partial charge in [-0.2, -0.15) is 5.10 Å². The van der Waals surface area contributed by atoms with Crippen LogP contribution in [0.2, 0.25) is 0 Å². The van der Waals surface area contributed by atoms with Crippen molar-refractivity contribution in [3.8, 4) is 0 Å². The molecule has 0 bridgehead atoms. The van der Waals surface area contributed by atoms with E-state index in [0.29, 0.717) is 11.7 Å². The summed E-state index contributed by atoms with van der Waals surface area (Å²) in [5.41, 5.74) is 5.13. The molecule has 4 heterocycles. The van der Waals surface area contributed by atoms with Crippen LogP contribution in [0.4, 0.5) is 0 Å². The number of aliphatic hydroxyl groups excluding tert-OH is 1. The number of hydrogen-bond acceptors (Lipinski definition) is 9. The van der Waals surface area contributed by atoms with E-state index >= 15 is 0 Å². The number of ether oxygens (including phenoxy) is 3. The molecule has 1 aliphatic carbocycles. The van der Waals surface area contributed by atoms with E-state index in [-0.39, 0.29) is 30.4 Å². The van der Waals surface area contributed by atoms with Crippen LogP contribution in [-0.4, -0.2) is 76.0 Å². The maximum absolute atomic E-state index is 10.2. The highest BCUT2D eigenvalue weighted by Gasteiger charge is 2.84. The normalized spacial score (nSPS) is 51.9. The van der Waals surface area contributed by atoms with Gasteiger partial charge < -0.3 is 25.1 Å². The van der Waals surface area contributed by atoms with Gasteiger partial charge in [-0.15, -0.1) is 0 Å². The fraction of sp³-hybridized carbons (Fsp3) is 0.786. The van der Waals surface area contributed by atoms with Gasteiger partial charge in [0.2, 0.25) is 0 Å². The Bertz CT molecular complexity index is 676. The van der Waals surface area contributed by atoms with E-state index in [1.807, 2.05) is 20.8 Å². The summed E-state index contributed by atoms with van der Waals surface area (Å²) >= 11 is 0. The molecule has 0 radical (unpaired) electrons. The van der Waals surface area contributed by atoms with E-state index in [4.69, 9.17) is 19.9 Å². The third-order valence-corrected chi connectivity index (χ3v) is 5.22. The van der Waals surface area contributed by atoms with Gasteiger partial charge in [-0.25, -0.2) is 10.0 Å². The van der Waals surface area contributed by atoms with Gasteiger partial charge in [-0.05, 0) is 20.8 Å². The number of amidine groups is 2. The van der Waals surface area contributed by atoms with Crippen LogP contribution in [0.3, 0.4) is 0 Å². The highest BCUT2D eigenvalue weighted by Crippen LogP contribution is 2.61. The molecule has 124 valence electrons. The molecule has 23 heavy (non-hydrogen) atoms. The summed E-state index contributed by atoms with van der Waals surface area (Å²) in [6.45, 7) is 5.68. The summed E-state index contributed by atoms with van der Waals surface area (Å²) in [7, 11) is 0. The van der Waals surface area contributed by atoms with Gasteiger partial charge in [0.25, 0.3) is 0 Å². The van der Waals surface area contributed by atoms with Crippen molar-refractivity contribution in [2.45, 2.75) is 68.7 Å². The van der Waals surface area contributed by atoms with E-state index in [9.17, 15) is 5.11 Å². The lowest BCUT2D eigenvalue weighted by Gasteiger charge is -2.34. The van der Waals surface area contributed by atoms with Crippen LogP contribution in [0.1, 0.15) is 20.8 Å². The lowest BCUT2D eigenvalue weighted by molar-refractivity contribution is -0.180. The van der Waals surface area contributed by atoms with Crippen molar-refractivity contribution in [1.82, 2.24) is 5.01 Å². The molecule has 1 spiro atoms. The van der Waals surface area contributed by atoms with Crippen LogP contribution >= 0.6 is 0 Å². The second kappa shape index (κ2) is 3.92. The number of nitrogens with two attached hydrogens (primary N) is 1. The molecule has 3 N–H and O–H groups in total. The molecule has 3 fully saturated rings. The molecular weight excluding hydrogens is 302 g/mol. The molecule has 0 aromatic rings. The topological polar surface area (TPSA) is 114 Å². The molecule has 7 unspecified atom stereocenters. The van der Waals surface area contributed by atoms with E-state index in [0.717, 1.165) is 0 Å². The monoisotopic (exact) mass is 321 g/mol. The Morgan fingerprint density at radius 1 is 1.35 bits per heavy atom. The Morgan fingerprint density at radius 3 is 2.91 bits per heavy atom. The summed E-state index contributed by atoms with van der Waals surface area (Å²) in [5.74, 6) is 0.151. The van der Waals surface area contributed by atoms with Gasteiger partial charge in [0.1, 0.15) is 36.8 Å². The Morgan fingerprint density at radius 2 is 2.13 bits per heavy atom. The molecular formula is C14H19N5O4. The molecule has 0 amide bonds. The minimum absolute atomic E-state index is 0.0852. The number of hydrogen-bond donors (Lipinski definition) is 2. The smallest absolute Gasteiger partial charge is 0.188 e. The van der Waals surface area contributed by atoms with Gasteiger partial charge in [0.05, 0.1) is 6.04 Å². The Balaban J connectivity index is 1.48. The van der Waals surface area contributed by atoms with Crippen LogP contribution in [0.5, 0.6) is 0 Å². The molecule has 5 aliphatic rings. The first-order chi connectivity index (χ1) is 10.8. The van der Waals surface area contributed by atoms with E-state index in [1.165, 1.54) is 6.34 Å². The van der Waals surface area contributed by atoms with Gasteiger partial charge in [0.15, 0.2) is 23.1 Å². The third kappa shape index (κ3) is 1.53. The SMILES string of the molecule is CC1N=C2C(N)=NC=NN2C1C1OC2C(O)C23OC(C)(C)OC13. The summed E-state index contributed by atoms with van der Waals surface area (Å²) < 4.78 is 18.1. The standard InChI is InChI=1S/C14H19N5O4/c1-5-6(19-12(18-5)11(15)16-4-17-19)7-9-14(8(20)10(14)21-7)23-13(2,3)22-9/h4-10,20H,1-3H3,(H2,15,16,17). The number of aliphatic hydroxyl groups is 1. The van der Waals surface area contributed by atoms with E-state index < -0.39 is 17.5 Å². The molecule has 7 atom stereocenters. The van der Waals surface area contributed by atoms with Crippen molar-refractivity contribution >= 4 is 18.0 Å². The minimum atomic E-state index is -0.768. The van der Waals surface area contributed by atoms with Crippen LogP contribution in [-0.2, 0) is 14.2 Å². The number of fused-ring (bicyclic) bond motifs is 1. The number of nitrogens with zero attached hydrogens (tertiary/aromatic N) is 4. The molecule has 0 aromatic heterocycles. The van der Waals surface area contributed by atoms with Crippen LogP contribution in [0.15, 0.2) is 15.1 Å². The van der Waals surface area contributed by atoms with Gasteiger partial charge >= 0.3 is 0 Å². The Labute approximate surface area is 132 Å². The first-order valence-corrected chi connectivity index (χ1v) is 7.80. The summed E-state index contributed by atoms with van der Waals surface area (Å²) in [5, 5.41) is 16.2. The highest BCUT2D eigenvalue weighted by atomic mass is 16.8. The molecule has 2 saturated heterocycles.